The first-order valence-corrected chi connectivity index (χ1v) is 16.4. The molecule has 2 atom stereocenters. The van der Waals surface area contributed by atoms with Gasteiger partial charge >= 0.3 is 27.4 Å². The topological polar surface area (TPSA) is 259 Å². The molecule has 3 heterocycles. The van der Waals surface area contributed by atoms with Crippen LogP contribution in [0.25, 0.3) is 0 Å². The molecule has 40 heavy (non-hydrogen) atoms. The van der Waals surface area contributed by atoms with E-state index in [4.69, 9.17) is 33.8 Å². The van der Waals surface area contributed by atoms with Crippen molar-refractivity contribution >= 4 is 62.4 Å². The summed E-state index contributed by atoms with van der Waals surface area (Å²) in [5.74, 6) is -1.80. The number of carboxylic acid groups (broad SMARTS) is 1. The molecule has 222 valence electrons. The van der Waals surface area contributed by atoms with E-state index in [1.165, 1.54) is 18.4 Å². The third kappa shape index (κ3) is 7.23. The number of alkyl carbamates (subject to hydrolysis) is 1. The molecule has 0 unspecified atom stereocenters. The van der Waals surface area contributed by atoms with E-state index in [9.17, 15) is 33.4 Å². The number of carbonyl (C=O) groups is 4. The summed E-state index contributed by atoms with van der Waals surface area (Å²) in [4.78, 5) is 87.3. The van der Waals surface area contributed by atoms with E-state index in [1.54, 1.807) is 17.5 Å². The highest BCUT2D eigenvalue weighted by molar-refractivity contribution is 8.00. The molecular formula is C19H25N3O14P2S2. The fraction of sp³-hybridized carbons (Fsp3) is 0.474. The molecular weight excluding hydrogens is 620 g/mol. The van der Waals surface area contributed by atoms with Gasteiger partial charge in [0.15, 0.2) is 5.40 Å². The maximum atomic E-state index is 13.2. The van der Waals surface area contributed by atoms with Crippen molar-refractivity contribution in [3.63, 3.8) is 0 Å². The molecule has 0 radical (unpaired) electrons. The minimum absolute atomic E-state index is 0.0148. The number of hydrogen-bond donors (Lipinski definition) is 7. The Morgan fingerprint density at radius 1 is 1.23 bits per heavy atom. The summed E-state index contributed by atoms with van der Waals surface area (Å²) in [5, 5.41) is 12.4. The van der Waals surface area contributed by atoms with Crippen molar-refractivity contribution in [3.05, 3.63) is 33.8 Å². The number of nitrogens with one attached hydrogen (secondary N) is 2. The van der Waals surface area contributed by atoms with E-state index in [2.05, 4.69) is 10.6 Å². The number of ether oxygens (including phenoxy) is 3. The lowest BCUT2D eigenvalue weighted by atomic mass is 10.0. The van der Waals surface area contributed by atoms with Crippen LogP contribution in [0.5, 0.6) is 0 Å². The number of thiophene rings is 1. The molecule has 1 aromatic rings. The highest BCUT2D eigenvalue weighted by Gasteiger charge is 2.66. The van der Waals surface area contributed by atoms with Gasteiger partial charge in [0.05, 0.1) is 6.42 Å². The molecule has 1 saturated heterocycles. The zero-order valence-corrected chi connectivity index (χ0v) is 23.9. The zero-order valence-electron chi connectivity index (χ0n) is 20.5. The number of carbonyl (C=O) groups excluding carboxylic acids is 3. The zero-order chi connectivity index (χ0) is 29.9. The standard InChI is InChI=1S/C19H25N3O14P2S2/c1-34-19(21-12(23)7-11-3-2-6-39-11)15(24)22-14(36-18(26)27)10(9-40-16(19)22)8-35-17(25)20-5-4-13(37(28,29)30)38(31,32)33/h2-3,6,13,16H,4-5,7-9H2,1H3,(H,20,25)(H,21,23)(H,26,27)(H2,28,29,30)(H2,31,32,33)/t16-,19-/m0/s1. The van der Waals surface area contributed by atoms with Gasteiger partial charge in [0, 0.05) is 29.9 Å². The number of fused-ring (bicyclic) bond motifs is 1. The first-order chi connectivity index (χ1) is 18.6. The van der Waals surface area contributed by atoms with Gasteiger partial charge in [-0.3, -0.25) is 23.6 Å². The second-order valence-corrected chi connectivity index (χ2v) is 14.4. The van der Waals surface area contributed by atoms with Gasteiger partial charge in [0.2, 0.25) is 11.8 Å². The normalized spacial score (nSPS) is 21.0. The Morgan fingerprint density at radius 2 is 1.90 bits per heavy atom. The van der Waals surface area contributed by atoms with E-state index < -0.39 is 81.2 Å². The van der Waals surface area contributed by atoms with Gasteiger partial charge in [-0.25, -0.2) is 9.59 Å². The molecule has 0 saturated carbocycles. The number of nitrogens with zero attached hydrogens (tertiary/aromatic N) is 1. The Labute approximate surface area is 234 Å². The SMILES string of the molecule is CO[C@@]1(NC(=O)Cc2cccs2)C(=O)N2C(OC(=O)O)=C(COC(=O)NCCC(P(=O)(O)O)P(=O)(O)O)CS[C@H]21. The third-order valence-electron chi connectivity index (χ3n) is 5.63. The van der Waals surface area contributed by atoms with Crippen LogP contribution in [-0.4, -0.2) is 96.2 Å². The van der Waals surface area contributed by atoms with Gasteiger partial charge < -0.3 is 49.5 Å². The average molecular weight is 645 g/mol. The molecule has 3 rings (SSSR count). The first kappa shape index (κ1) is 32.0. The molecule has 7 N–H and O–H groups in total. The summed E-state index contributed by atoms with van der Waals surface area (Å²) in [6, 6.07) is 3.50. The summed E-state index contributed by atoms with van der Waals surface area (Å²) in [7, 11) is -9.15. The molecule has 1 aromatic heterocycles. The molecule has 0 aliphatic carbocycles. The van der Waals surface area contributed by atoms with E-state index in [1.807, 2.05) is 0 Å². The summed E-state index contributed by atoms with van der Waals surface area (Å²) < 4.78 is 37.8. The lowest BCUT2D eigenvalue weighted by molar-refractivity contribution is -0.195. The summed E-state index contributed by atoms with van der Waals surface area (Å²) in [5.41, 5.74) is -1.74. The molecule has 0 aromatic carbocycles. The van der Waals surface area contributed by atoms with Crippen molar-refractivity contribution in [3.8, 4) is 0 Å². The van der Waals surface area contributed by atoms with Gasteiger partial charge in [0.1, 0.15) is 12.0 Å². The highest BCUT2D eigenvalue weighted by atomic mass is 32.2. The van der Waals surface area contributed by atoms with Crippen LogP contribution in [-0.2, 0) is 39.4 Å². The predicted octanol–water partition coefficient (Wildman–Crippen LogP) is 0.369. The predicted molar refractivity (Wildman–Crippen MR) is 137 cm³/mol. The molecule has 0 spiro atoms. The fourth-order valence-electron chi connectivity index (χ4n) is 3.83. The molecule has 3 amide bonds. The van der Waals surface area contributed by atoms with Crippen molar-refractivity contribution in [1.82, 2.24) is 15.5 Å². The van der Waals surface area contributed by atoms with Crippen LogP contribution in [0.4, 0.5) is 9.59 Å². The van der Waals surface area contributed by atoms with Gasteiger partial charge in [-0.2, -0.15) is 0 Å². The summed E-state index contributed by atoms with van der Waals surface area (Å²) in [6.07, 6.45) is -3.71. The fourth-order valence-corrected chi connectivity index (χ4v) is 8.43. The molecule has 1 fully saturated rings. The first-order valence-electron chi connectivity index (χ1n) is 11.1. The molecule has 17 nitrogen and oxygen atoms in total. The summed E-state index contributed by atoms with van der Waals surface area (Å²) in [6.45, 7) is -1.15. The number of rotatable bonds is 12. The van der Waals surface area contributed by atoms with Gasteiger partial charge in [-0.15, -0.1) is 23.1 Å². The lowest BCUT2D eigenvalue weighted by Gasteiger charge is -2.55. The quantitative estimate of drug-likeness (QED) is 0.0701. The van der Waals surface area contributed by atoms with Crippen LogP contribution in [0.1, 0.15) is 11.3 Å². The summed E-state index contributed by atoms with van der Waals surface area (Å²) >= 11 is 2.41. The lowest BCUT2D eigenvalue weighted by Crippen LogP contribution is -2.80. The Balaban J connectivity index is 1.66. The van der Waals surface area contributed by atoms with Gasteiger partial charge in [-0.05, 0) is 17.9 Å². The number of methoxy groups -OCH3 is 1. The van der Waals surface area contributed by atoms with E-state index in [0.717, 1.165) is 21.5 Å². The Morgan fingerprint density at radius 3 is 2.45 bits per heavy atom. The minimum atomic E-state index is -5.18. The average Bonchev–Trinajstić information content (AvgIpc) is 3.34. The highest BCUT2D eigenvalue weighted by Crippen LogP contribution is 2.61. The number of amides is 3. The second-order valence-electron chi connectivity index (χ2n) is 8.31. The molecule has 2 aliphatic heterocycles. The third-order valence-corrected chi connectivity index (χ3v) is 11.8. The number of β-lactam (4-membered cyclic amide) rings is 1. The molecule has 2 aliphatic rings. The van der Waals surface area contributed by atoms with Crippen molar-refractivity contribution < 1.29 is 67.2 Å². The second kappa shape index (κ2) is 12.6. The van der Waals surface area contributed by atoms with Crippen molar-refractivity contribution in [2.75, 3.05) is 26.0 Å². The monoisotopic (exact) mass is 645 g/mol. The van der Waals surface area contributed by atoms with Crippen molar-refractivity contribution in [1.29, 1.82) is 0 Å². The van der Waals surface area contributed by atoms with E-state index in [0.29, 0.717) is 0 Å². The Kier molecular flexibility index (Phi) is 10.1. The Bertz CT molecular complexity index is 1260. The smallest absolute Gasteiger partial charge is 0.449 e. The van der Waals surface area contributed by atoms with Crippen LogP contribution in [0.2, 0.25) is 0 Å². The van der Waals surface area contributed by atoms with Crippen LogP contribution in [0, 0.1) is 0 Å². The van der Waals surface area contributed by atoms with Crippen molar-refractivity contribution in [2.45, 2.75) is 29.3 Å². The maximum absolute atomic E-state index is 13.2. The van der Waals surface area contributed by atoms with Gasteiger partial charge in [0.25, 0.3) is 11.6 Å². The largest absolute Gasteiger partial charge is 0.512 e. The van der Waals surface area contributed by atoms with Crippen LogP contribution < -0.4 is 10.6 Å². The maximum Gasteiger partial charge on any atom is 0.512 e. The van der Waals surface area contributed by atoms with Crippen LogP contribution in [0.15, 0.2) is 29.0 Å². The van der Waals surface area contributed by atoms with E-state index >= 15 is 0 Å². The molecule has 21 heteroatoms. The van der Waals surface area contributed by atoms with Crippen LogP contribution >= 0.6 is 38.3 Å². The van der Waals surface area contributed by atoms with Crippen molar-refractivity contribution in [2.24, 2.45) is 0 Å². The van der Waals surface area contributed by atoms with Gasteiger partial charge in [-0.1, -0.05) is 6.07 Å². The van der Waals surface area contributed by atoms with Crippen LogP contribution in [0.3, 0.4) is 0 Å². The Hall–Kier alpha value is -2.47. The molecule has 0 bridgehead atoms. The minimum Gasteiger partial charge on any atom is -0.449 e. The number of thioether (sulfide) groups is 1. The number of hydrogen-bond acceptors (Lipinski definition) is 11. The van der Waals surface area contributed by atoms with E-state index in [-0.39, 0.29) is 17.7 Å².